The molecule has 0 saturated carbocycles. The van der Waals surface area contributed by atoms with Crippen molar-refractivity contribution in [3.8, 4) is 0 Å². The number of hydrogen-bond donors (Lipinski definition) is 1. The number of likely N-dealkylation sites (tertiary alicyclic amines) is 1. The van der Waals surface area contributed by atoms with Crippen LogP contribution in [0.2, 0.25) is 0 Å². The molecule has 1 saturated heterocycles. The smallest absolute Gasteiger partial charge is 0.243 e. The van der Waals surface area contributed by atoms with Gasteiger partial charge in [-0.25, -0.2) is 8.42 Å². The average molecular weight is 411 g/mol. The second-order valence-corrected chi connectivity index (χ2v) is 9.46. The molecule has 1 amide bonds. The Morgan fingerprint density at radius 3 is 2.43 bits per heavy atom. The van der Waals surface area contributed by atoms with Gasteiger partial charge < -0.3 is 10.2 Å². The first-order chi connectivity index (χ1) is 13.3. The number of carbonyl (C=O) groups excluding carboxylic acids is 1. The van der Waals surface area contributed by atoms with E-state index in [1.807, 2.05) is 19.0 Å². The minimum Gasteiger partial charge on any atom is -0.326 e. The van der Waals surface area contributed by atoms with Gasteiger partial charge in [-0.05, 0) is 64.3 Å². The van der Waals surface area contributed by atoms with E-state index < -0.39 is 10.0 Å². The van der Waals surface area contributed by atoms with E-state index in [0.29, 0.717) is 31.7 Å². The highest BCUT2D eigenvalue weighted by molar-refractivity contribution is 7.89. The van der Waals surface area contributed by atoms with Crippen LogP contribution in [0.5, 0.6) is 0 Å². The molecular weight excluding hydrogens is 376 g/mol. The summed E-state index contributed by atoms with van der Waals surface area (Å²) < 4.78 is 28.3. The Morgan fingerprint density at radius 1 is 1.18 bits per heavy atom. The van der Waals surface area contributed by atoms with Gasteiger partial charge in [-0.3, -0.25) is 9.69 Å². The van der Waals surface area contributed by atoms with Crippen LogP contribution in [0.3, 0.4) is 0 Å². The molecule has 0 spiro atoms. The number of carbonyl (C=O) groups is 1. The summed E-state index contributed by atoms with van der Waals surface area (Å²) in [5, 5.41) is 2.75. The first-order valence-electron chi connectivity index (χ1n) is 10.1. The van der Waals surface area contributed by atoms with E-state index in [4.69, 9.17) is 0 Å². The third kappa shape index (κ3) is 6.01. The second-order valence-electron chi connectivity index (χ2n) is 7.52. The van der Waals surface area contributed by atoms with Crippen LogP contribution in [0.15, 0.2) is 29.2 Å². The minimum absolute atomic E-state index is 0.0934. The zero-order chi connectivity index (χ0) is 20.7. The number of benzene rings is 1. The molecule has 7 nitrogen and oxygen atoms in total. The van der Waals surface area contributed by atoms with Gasteiger partial charge in [-0.15, -0.1) is 0 Å². The number of hydrogen-bond acceptors (Lipinski definition) is 5. The molecule has 1 aliphatic heterocycles. The molecule has 1 aromatic rings. The van der Waals surface area contributed by atoms with Crippen molar-refractivity contribution in [2.45, 2.75) is 44.0 Å². The first kappa shape index (κ1) is 22.8. The molecule has 0 bridgehead atoms. The highest BCUT2D eigenvalue weighted by Gasteiger charge is 2.31. The lowest BCUT2D eigenvalue weighted by Crippen LogP contribution is -2.45. The molecule has 158 valence electrons. The first-order valence-corrected chi connectivity index (χ1v) is 11.5. The number of rotatable bonds is 10. The van der Waals surface area contributed by atoms with Crippen LogP contribution in [-0.4, -0.2) is 81.3 Å². The van der Waals surface area contributed by atoms with Crippen LogP contribution in [0, 0.1) is 0 Å². The molecule has 8 heteroatoms. The molecule has 1 heterocycles. The lowest BCUT2D eigenvalue weighted by molar-refractivity contribution is -0.115. The lowest BCUT2D eigenvalue weighted by atomic mass is 10.2. The fraction of sp³-hybridized carbons (Fsp3) is 0.650. The number of sulfonamides is 1. The van der Waals surface area contributed by atoms with Gasteiger partial charge in [0.05, 0.1) is 4.90 Å². The van der Waals surface area contributed by atoms with Crippen molar-refractivity contribution >= 4 is 21.6 Å². The second kappa shape index (κ2) is 10.3. The van der Waals surface area contributed by atoms with Crippen molar-refractivity contribution in [2.24, 2.45) is 0 Å². The van der Waals surface area contributed by atoms with Crippen molar-refractivity contribution in [1.29, 1.82) is 0 Å². The van der Waals surface area contributed by atoms with E-state index in [2.05, 4.69) is 17.1 Å². The summed E-state index contributed by atoms with van der Waals surface area (Å²) in [7, 11) is 0.297. The third-order valence-corrected chi connectivity index (χ3v) is 7.09. The van der Waals surface area contributed by atoms with Crippen LogP contribution in [0.25, 0.3) is 0 Å². The van der Waals surface area contributed by atoms with Gasteiger partial charge in [-0.1, -0.05) is 13.8 Å². The predicted octanol–water partition coefficient (Wildman–Crippen LogP) is 2.07. The topological polar surface area (TPSA) is 73.0 Å². The standard InChI is InChI=1S/C20H34N4O3S/c1-5-20(25)21-17-9-11-19(12-10-17)28(26,27)24(15-14-22(3)4)16-18-8-7-13-23(18)6-2/h9-12,18H,5-8,13-16H2,1-4H3,(H,21,25). The molecule has 0 aliphatic carbocycles. The Bertz CT molecular complexity index is 734. The molecule has 2 rings (SSSR count). The Kier molecular flexibility index (Phi) is 8.42. The normalized spacial score (nSPS) is 18.1. The molecule has 1 fully saturated rings. The monoisotopic (exact) mass is 410 g/mol. The molecule has 1 atom stereocenters. The Hall–Kier alpha value is -1.48. The minimum atomic E-state index is -3.60. The number of nitrogens with zero attached hydrogens (tertiary/aromatic N) is 3. The molecule has 1 aliphatic rings. The number of anilines is 1. The van der Waals surface area contributed by atoms with Crippen molar-refractivity contribution in [3.05, 3.63) is 24.3 Å². The van der Waals surface area contributed by atoms with E-state index in [-0.39, 0.29) is 16.8 Å². The maximum Gasteiger partial charge on any atom is 0.243 e. The highest BCUT2D eigenvalue weighted by Crippen LogP contribution is 2.23. The molecule has 1 aromatic carbocycles. The summed E-state index contributed by atoms with van der Waals surface area (Å²) in [6.45, 7) is 7.52. The Labute approximate surface area is 169 Å². The van der Waals surface area contributed by atoms with Gasteiger partial charge >= 0.3 is 0 Å². The van der Waals surface area contributed by atoms with E-state index in [0.717, 1.165) is 25.9 Å². The van der Waals surface area contributed by atoms with Crippen molar-refractivity contribution < 1.29 is 13.2 Å². The van der Waals surface area contributed by atoms with E-state index in [1.54, 1.807) is 35.5 Å². The fourth-order valence-electron chi connectivity index (χ4n) is 3.48. The van der Waals surface area contributed by atoms with Crippen LogP contribution in [-0.2, 0) is 14.8 Å². The number of nitrogens with one attached hydrogen (secondary N) is 1. The van der Waals surface area contributed by atoms with Crippen molar-refractivity contribution in [3.63, 3.8) is 0 Å². The summed E-state index contributed by atoms with van der Waals surface area (Å²) in [5.41, 5.74) is 0.610. The summed E-state index contributed by atoms with van der Waals surface area (Å²) in [6.07, 6.45) is 2.53. The summed E-state index contributed by atoms with van der Waals surface area (Å²) in [6, 6.07) is 6.73. The average Bonchev–Trinajstić information content (AvgIpc) is 3.12. The number of amides is 1. The molecule has 0 aromatic heterocycles. The van der Waals surface area contributed by atoms with E-state index >= 15 is 0 Å². The fourth-order valence-corrected chi connectivity index (χ4v) is 4.95. The summed E-state index contributed by atoms with van der Waals surface area (Å²) >= 11 is 0. The van der Waals surface area contributed by atoms with Crippen molar-refractivity contribution in [2.75, 3.05) is 52.1 Å². The largest absolute Gasteiger partial charge is 0.326 e. The third-order valence-electron chi connectivity index (χ3n) is 5.21. The quantitative estimate of drug-likeness (QED) is 0.639. The maximum atomic E-state index is 13.3. The maximum absolute atomic E-state index is 13.3. The van der Waals surface area contributed by atoms with Gasteiger partial charge in [0.25, 0.3) is 0 Å². The highest BCUT2D eigenvalue weighted by atomic mass is 32.2. The van der Waals surface area contributed by atoms with Gasteiger partial charge in [0.1, 0.15) is 0 Å². The summed E-state index contributed by atoms with van der Waals surface area (Å²) in [5.74, 6) is -0.0934. The van der Waals surface area contributed by atoms with Crippen LogP contribution in [0.1, 0.15) is 33.1 Å². The Balaban J connectivity index is 2.20. The number of likely N-dealkylation sites (N-methyl/N-ethyl adjacent to an activating group) is 2. The van der Waals surface area contributed by atoms with Gasteiger partial charge in [-0.2, -0.15) is 4.31 Å². The van der Waals surface area contributed by atoms with E-state index in [1.165, 1.54) is 0 Å². The van der Waals surface area contributed by atoms with E-state index in [9.17, 15) is 13.2 Å². The molecule has 28 heavy (non-hydrogen) atoms. The van der Waals surface area contributed by atoms with Gasteiger partial charge in [0.15, 0.2) is 0 Å². The van der Waals surface area contributed by atoms with Crippen LogP contribution in [0.4, 0.5) is 5.69 Å². The van der Waals surface area contributed by atoms with Crippen molar-refractivity contribution in [1.82, 2.24) is 14.1 Å². The van der Waals surface area contributed by atoms with Crippen LogP contribution < -0.4 is 5.32 Å². The molecular formula is C20H34N4O3S. The van der Waals surface area contributed by atoms with Gasteiger partial charge in [0.2, 0.25) is 15.9 Å². The summed E-state index contributed by atoms with van der Waals surface area (Å²) in [4.78, 5) is 16.2. The molecule has 0 radical (unpaired) electrons. The van der Waals surface area contributed by atoms with Crippen LogP contribution >= 0.6 is 0 Å². The zero-order valence-electron chi connectivity index (χ0n) is 17.5. The lowest BCUT2D eigenvalue weighted by Gasteiger charge is -2.30. The predicted molar refractivity (Wildman–Crippen MR) is 113 cm³/mol. The molecule has 1 unspecified atom stereocenters. The Morgan fingerprint density at radius 2 is 1.86 bits per heavy atom. The van der Waals surface area contributed by atoms with Gasteiger partial charge in [0, 0.05) is 37.8 Å². The molecule has 1 N–H and O–H groups in total. The zero-order valence-corrected chi connectivity index (χ0v) is 18.3. The SMILES string of the molecule is CCC(=O)Nc1ccc(S(=O)(=O)N(CCN(C)C)CC2CCCN2CC)cc1.